The maximum Gasteiger partial charge on any atom is 0.151 e. The van der Waals surface area contributed by atoms with Crippen molar-refractivity contribution in [3.8, 4) is 0 Å². The molecule has 1 nitrogen and oxygen atoms in total. The van der Waals surface area contributed by atoms with Crippen molar-refractivity contribution in [2.45, 2.75) is 13.3 Å². The van der Waals surface area contributed by atoms with Gasteiger partial charge in [0.1, 0.15) is 0 Å². The van der Waals surface area contributed by atoms with Gasteiger partial charge in [-0.15, -0.1) is 11.6 Å². The molecule has 0 saturated carbocycles. The van der Waals surface area contributed by atoms with Crippen molar-refractivity contribution in [1.82, 2.24) is 0 Å². The third-order valence-electron chi connectivity index (χ3n) is 1.74. The van der Waals surface area contributed by atoms with Gasteiger partial charge in [-0.1, -0.05) is 33.6 Å². The Bertz CT molecular complexity index is 323. The van der Waals surface area contributed by atoms with Crippen molar-refractivity contribution < 1.29 is 4.79 Å². The topological polar surface area (TPSA) is 17.1 Å². The maximum absolute atomic E-state index is 11.1. The van der Waals surface area contributed by atoms with Crippen molar-refractivity contribution >= 4 is 33.3 Å². The Morgan fingerprint density at radius 3 is 2.85 bits per heavy atom. The second kappa shape index (κ2) is 4.77. The zero-order valence-corrected chi connectivity index (χ0v) is 9.65. The summed E-state index contributed by atoms with van der Waals surface area (Å²) in [7, 11) is 0. The van der Waals surface area contributed by atoms with Gasteiger partial charge in [-0.05, 0) is 18.6 Å². The van der Waals surface area contributed by atoms with Crippen LogP contribution in [0.25, 0.3) is 0 Å². The lowest BCUT2D eigenvalue weighted by atomic mass is 10.1. The summed E-state index contributed by atoms with van der Waals surface area (Å²) in [5, 5.41) is 0. The quantitative estimate of drug-likeness (QED) is 0.764. The van der Waals surface area contributed by atoms with Crippen LogP contribution in [0.5, 0.6) is 0 Å². The number of hydrogen-bond donors (Lipinski definition) is 0. The largest absolute Gasteiger partial charge is 0.298 e. The predicted molar refractivity (Wildman–Crippen MR) is 58.3 cm³/mol. The van der Waals surface area contributed by atoms with Crippen LogP contribution >= 0.6 is 27.5 Å². The molecule has 0 aliphatic rings. The minimum atomic E-state index is 0.0490. The van der Waals surface area contributed by atoms with Crippen molar-refractivity contribution in [3.05, 3.63) is 33.8 Å². The zero-order valence-electron chi connectivity index (χ0n) is 7.31. The second-order valence-corrected chi connectivity index (χ2v) is 4.07. The summed E-state index contributed by atoms with van der Waals surface area (Å²) in [4.78, 5) is 11.1. The Labute approximate surface area is 91.2 Å². The highest BCUT2D eigenvalue weighted by Gasteiger charge is 2.05. The number of benzene rings is 1. The van der Waals surface area contributed by atoms with Gasteiger partial charge >= 0.3 is 0 Å². The average Bonchev–Trinajstić information content (AvgIpc) is 2.11. The molecule has 0 amide bonds. The summed E-state index contributed by atoms with van der Waals surface area (Å²) in [5.41, 5.74) is 2.16. The molecule has 0 radical (unpaired) electrons. The fraction of sp³-hybridized carbons (Fsp3) is 0.300. The fourth-order valence-electron chi connectivity index (χ4n) is 1.10. The van der Waals surface area contributed by atoms with Gasteiger partial charge in [0, 0.05) is 10.9 Å². The van der Waals surface area contributed by atoms with Gasteiger partial charge < -0.3 is 0 Å². The van der Waals surface area contributed by atoms with Gasteiger partial charge in [0.2, 0.25) is 0 Å². The van der Waals surface area contributed by atoms with E-state index in [0.717, 1.165) is 15.6 Å². The molecule has 0 atom stereocenters. The summed E-state index contributed by atoms with van der Waals surface area (Å²) < 4.78 is 0.969. The van der Waals surface area contributed by atoms with Crippen molar-refractivity contribution in [1.29, 1.82) is 0 Å². The number of carbonyl (C=O) groups excluding carboxylic acids is 1. The number of ketones is 1. The third kappa shape index (κ3) is 3.12. The summed E-state index contributed by atoms with van der Waals surface area (Å²) in [6, 6.07) is 5.94. The first-order valence-electron chi connectivity index (χ1n) is 3.96. The number of aryl methyl sites for hydroxylation is 1. The van der Waals surface area contributed by atoms with E-state index in [-0.39, 0.29) is 11.7 Å². The molecule has 3 heteroatoms. The normalized spacial score (nSPS) is 10.1. The molecule has 0 bridgehead atoms. The number of halogens is 2. The average molecular weight is 262 g/mol. The van der Waals surface area contributed by atoms with E-state index in [1.807, 2.05) is 25.1 Å². The number of carbonyl (C=O) groups is 1. The van der Waals surface area contributed by atoms with Gasteiger partial charge in [0.05, 0.1) is 5.88 Å². The van der Waals surface area contributed by atoms with E-state index in [4.69, 9.17) is 11.6 Å². The third-order valence-corrected chi connectivity index (χ3v) is 2.81. The smallest absolute Gasteiger partial charge is 0.151 e. The van der Waals surface area contributed by atoms with Crippen LogP contribution in [0.1, 0.15) is 11.1 Å². The Morgan fingerprint density at radius 2 is 2.23 bits per heavy atom. The van der Waals surface area contributed by atoms with Crippen LogP contribution in [-0.4, -0.2) is 11.7 Å². The molecule has 0 unspecified atom stereocenters. The van der Waals surface area contributed by atoms with Gasteiger partial charge in [-0.2, -0.15) is 0 Å². The molecule has 0 aliphatic heterocycles. The first kappa shape index (κ1) is 10.7. The summed E-state index contributed by atoms with van der Waals surface area (Å²) in [6.45, 7) is 2.00. The van der Waals surface area contributed by atoms with Crippen LogP contribution in [0.2, 0.25) is 0 Å². The van der Waals surface area contributed by atoms with Gasteiger partial charge in [0.15, 0.2) is 5.78 Å². The van der Waals surface area contributed by atoms with Crippen molar-refractivity contribution in [3.63, 3.8) is 0 Å². The minimum absolute atomic E-state index is 0.0490. The Morgan fingerprint density at radius 1 is 1.54 bits per heavy atom. The number of rotatable bonds is 3. The highest BCUT2D eigenvalue weighted by Crippen LogP contribution is 2.18. The number of Topliss-reactive ketones (excluding diaryl/α,β-unsaturated/α-hetero) is 1. The van der Waals surface area contributed by atoms with Crippen LogP contribution in [0.3, 0.4) is 0 Å². The van der Waals surface area contributed by atoms with E-state index in [1.54, 1.807) is 0 Å². The molecule has 0 aromatic heterocycles. The Balaban J connectivity index is 2.87. The molecular weight excluding hydrogens is 251 g/mol. The number of alkyl halides is 1. The molecule has 0 saturated heterocycles. The van der Waals surface area contributed by atoms with Crippen LogP contribution in [0.15, 0.2) is 22.7 Å². The molecule has 0 fully saturated rings. The van der Waals surface area contributed by atoms with E-state index in [0.29, 0.717) is 6.42 Å². The zero-order chi connectivity index (χ0) is 9.84. The fourth-order valence-corrected chi connectivity index (χ4v) is 1.58. The van der Waals surface area contributed by atoms with Crippen LogP contribution in [0.4, 0.5) is 0 Å². The van der Waals surface area contributed by atoms with E-state index >= 15 is 0 Å². The number of hydrogen-bond acceptors (Lipinski definition) is 1. The molecule has 13 heavy (non-hydrogen) atoms. The van der Waals surface area contributed by atoms with Gasteiger partial charge in [-0.25, -0.2) is 0 Å². The summed E-state index contributed by atoms with van der Waals surface area (Å²) >= 11 is 8.82. The lowest BCUT2D eigenvalue weighted by Gasteiger charge is -2.03. The predicted octanol–water partition coefficient (Wildman–Crippen LogP) is 3.11. The molecule has 70 valence electrons. The highest BCUT2D eigenvalue weighted by molar-refractivity contribution is 9.10. The second-order valence-electron chi connectivity index (χ2n) is 2.94. The highest BCUT2D eigenvalue weighted by atomic mass is 79.9. The standard InChI is InChI=1S/C10H10BrClO/c1-7-2-3-10(11)8(4-7)5-9(13)6-12/h2-4H,5-6H2,1H3. The van der Waals surface area contributed by atoms with Crippen LogP contribution in [-0.2, 0) is 11.2 Å². The van der Waals surface area contributed by atoms with Crippen LogP contribution in [0, 0.1) is 6.92 Å². The van der Waals surface area contributed by atoms with E-state index < -0.39 is 0 Å². The van der Waals surface area contributed by atoms with E-state index in [1.165, 1.54) is 0 Å². The first-order chi connectivity index (χ1) is 6.13. The summed E-state index contributed by atoms with van der Waals surface area (Å²) in [6.07, 6.45) is 0.408. The van der Waals surface area contributed by atoms with Crippen molar-refractivity contribution in [2.75, 3.05) is 5.88 Å². The lowest BCUT2D eigenvalue weighted by molar-refractivity contribution is -0.116. The van der Waals surface area contributed by atoms with Gasteiger partial charge in [-0.3, -0.25) is 4.79 Å². The monoisotopic (exact) mass is 260 g/mol. The van der Waals surface area contributed by atoms with E-state index in [2.05, 4.69) is 15.9 Å². The summed E-state index contributed by atoms with van der Waals surface area (Å²) in [5.74, 6) is 0.133. The Hall–Kier alpha value is -0.340. The van der Waals surface area contributed by atoms with Crippen molar-refractivity contribution in [2.24, 2.45) is 0 Å². The molecule has 0 heterocycles. The van der Waals surface area contributed by atoms with Crippen LogP contribution < -0.4 is 0 Å². The molecule has 1 aromatic carbocycles. The first-order valence-corrected chi connectivity index (χ1v) is 5.29. The minimum Gasteiger partial charge on any atom is -0.298 e. The molecular formula is C10H10BrClO. The van der Waals surface area contributed by atoms with E-state index in [9.17, 15) is 4.79 Å². The molecule has 0 aliphatic carbocycles. The Kier molecular flexibility index (Phi) is 3.94. The SMILES string of the molecule is Cc1ccc(Br)c(CC(=O)CCl)c1. The molecule has 0 spiro atoms. The molecule has 1 aromatic rings. The van der Waals surface area contributed by atoms with Gasteiger partial charge in [0.25, 0.3) is 0 Å². The molecule has 0 N–H and O–H groups in total. The molecule has 1 rings (SSSR count). The maximum atomic E-state index is 11.1. The lowest BCUT2D eigenvalue weighted by Crippen LogP contribution is -2.04.